The molecule has 3 aromatic rings. The highest BCUT2D eigenvalue weighted by molar-refractivity contribution is 5.87. The molecule has 8 heteroatoms. The predicted octanol–water partition coefficient (Wildman–Crippen LogP) is 3.83. The van der Waals surface area contributed by atoms with Crippen LogP contribution in [0.2, 0.25) is 0 Å². The minimum atomic E-state index is -1.17. The molecule has 5 rings (SSSR count). The number of hydrogen-bond acceptors (Lipinski definition) is 5. The third-order valence-electron chi connectivity index (χ3n) is 6.33. The maximum atomic E-state index is 13.1. The summed E-state index contributed by atoms with van der Waals surface area (Å²) in [4.78, 5) is 26.1. The molecule has 2 atom stereocenters. The van der Waals surface area contributed by atoms with Gasteiger partial charge in [-0.2, -0.15) is 10.3 Å². The van der Waals surface area contributed by atoms with Crippen LogP contribution in [0.5, 0.6) is 0 Å². The van der Waals surface area contributed by atoms with E-state index >= 15 is 0 Å². The Morgan fingerprint density at radius 3 is 2.39 bits per heavy atom. The number of nitrogens with zero attached hydrogens (tertiary/aromatic N) is 3. The Morgan fingerprint density at radius 2 is 1.74 bits per heavy atom. The lowest BCUT2D eigenvalue weighted by atomic mass is 9.98. The number of aromatic carboxylic acids is 1. The molecule has 0 radical (unpaired) electrons. The van der Waals surface area contributed by atoms with Crippen molar-refractivity contribution < 1.29 is 19.4 Å². The average molecular weight is 418 g/mol. The van der Waals surface area contributed by atoms with Gasteiger partial charge in [0.05, 0.1) is 6.04 Å². The Labute approximate surface area is 178 Å². The SMILES string of the molecule is CC1CCN(C(=O)OCC2c3ccccc3-c3ccccc32)C1c1n[nH]nc1C(=O)O. The lowest BCUT2D eigenvalue weighted by Crippen LogP contribution is -2.34. The molecular formula is C23H22N4O4. The van der Waals surface area contributed by atoms with Gasteiger partial charge in [0.1, 0.15) is 12.3 Å². The summed E-state index contributed by atoms with van der Waals surface area (Å²) >= 11 is 0. The highest BCUT2D eigenvalue weighted by Crippen LogP contribution is 2.45. The van der Waals surface area contributed by atoms with Gasteiger partial charge in [0.15, 0.2) is 5.69 Å². The molecule has 1 saturated heterocycles. The molecule has 2 aliphatic rings. The Hall–Kier alpha value is -3.68. The van der Waals surface area contributed by atoms with E-state index in [2.05, 4.69) is 39.7 Å². The summed E-state index contributed by atoms with van der Waals surface area (Å²) in [6.07, 6.45) is 0.274. The number of likely N-dealkylation sites (tertiary alicyclic amines) is 1. The standard InChI is InChI=1S/C23H22N4O4/c1-13-10-11-27(21(13)19-20(22(28)29)25-26-24-19)23(30)31-12-18-16-8-4-2-6-14(16)15-7-3-5-9-17(15)18/h2-9,13,18,21H,10-12H2,1H3,(H,28,29)(H,24,25,26). The molecule has 1 aliphatic heterocycles. The number of carboxylic acids is 1. The molecule has 2 aromatic carbocycles. The van der Waals surface area contributed by atoms with Gasteiger partial charge >= 0.3 is 12.1 Å². The molecule has 31 heavy (non-hydrogen) atoms. The van der Waals surface area contributed by atoms with Gasteiger partial charge in [0.2, 0.25) is 0 Å². The number of carbonyl (C=O) groups excluding carboxylic acids is 1. The zero-order chi connectivity index (χ0) is 21.5. The summed E-state index contributed by atoms with van der Waals surface area (Å²) in [6.45, 7) is 2.67. The van der Waals surface area contributed by atoms with Gasteiger partial charge in [-0.25, -0.2) is 9.59 Å². The first-order valence-electron chi connectivity index (χ1n) is 10.3. The van der Waals surface area contributed by atoms with Crippen LogP contribution < -0.4 is 0 Å². The van der Waals surface area contributed by atoms with Crippen molar-refractivity contribution in [3.05, 3.63) is 71.0 Å². The van der Waals surface area contributed by atoms with Crippen molar-refractivity contribution in [2.75, 3.05) is 13.2 Å². The zero-order valence-corrected chi connectivity index (χ0v) is 17.0. The van der Waals surface area contributed by atoms with Crippen molar-refractivity contribution in [1.29, 1.82) is 0 Å². The van der Waals surface area contributed by atoms with Crippen molar-refractivity contribution in [3.8, 4) is 11.1 Å². The van der Waals surface area contributed by atoms with Gasteiger partial charge < -0.3 is 9.84 Å². The first-order chi connectivity index (χ1) is 15.1. The number of amides is 1. The highest BCUT2D eigenvalue weighted by Gasteiger charge is 2.41. The molecule has 8 nitrogen and oxygen atoms in total. The fourth-order valence-corrected chi connectivity index (χ4v) is 4.85. The highest BCUT2D eigenvalue weighted by atomic mass is 16.6. The molecule has 2 unspecified atom stereocenters. The van der Waals surface area contributed by atoms with Crippen LogP contribution in [0, 0.1) is 5.92 Å². The van der Waals surface area contributed by atoms with Crippen LogP contribution in [0.1, 0.15) is 52.6 Å². The molecule has 2 N–H and O–H groups in total. The van der Waals surface area contributed by atoms with E-state index in [4.69, 9.17) is 4.74 Å². The first kappa shape index (κ1) is 19.3. The molecule has 0 bridgehead atoms. The smallest absolute Gasteiger partial charge is 0.410 e. The number of rotatable bonds is 4. The molecule has 0 saturated carbocycles. The Bertz CT molecular complexity index is 1110. The molecule has 0 spiro atoms. The zero-order valence-electron chi connectivity index (χ0n) is 17.0. The third kappa shape index (κ3) is 3.15. The fourth-order valence-electron chi connectivity index (χ4n) is 4.85. The predicted molar refractivity (Wildman–Crippen MR) is 112 cm³/mol. The van der Waals surface area contributed by atoms with Gasteiger partial charge in [-0.3, -0.25) is 4.90 Å². The number of carboxylic acid groups (broad SMARTS) is 1. The molecule has 1 aromatic heterocycles. The summed E-state index contributed by atoms with van der Waals surface area (Å²) in [5, 5.41) is 19.5. The molecule has 1 aliphatic carbocycles. The fraction of sp³-hybridized carbons (Fsp3) is 0.304. The number of benzene rings is 2. The maximum Gasteiger partial charge on any atom is 0.410 e. The van der Waals surface area contributed by atoms with E-state index in [0.717, 1.165) is 17.5 Å². The van der Waals surface area contributed by atoms with Crippen molar-refractivity contribution in [2.45, 2.75) is 25.3 Å². The quantitative estimate of drug-likeness (QED) is 0.667. The van der Waals surface area contributed by atoms with Crippen molar-refractivity contribution in [1.82, 2.24) is 20.3 Å². The second kappa shape index (κ2) is 7.54. The number of nitrogens with one attached hydrogen (secondary N) is 1. The number of aromatic nitrogens is 3. The van der Waals surface area contributed by atoms with E-state index in [1.54, 1.807) is 4.90 Å². The summed E-state index contributed by atoms with van der Waals surface area (Å²) in [6, 6.07) is 15.9. The summed E-state index contributed by atoms with van der Waals surface area (Å²) in [5.41, 5.74) is 4.74. The van der Waals surface area contributed by atoms with E-state index in [1.807, 2.05) is 31.2 Å². The molecule has 158 valence electrons. The molecule has 2 heterocycles. The summed E-state index contributed by atoms with van der Waals surface area (Å²) in [5.74, 6) is -1.16. The number of fused-ring (bicyclic) bond motifs is 3. The van der Waals surface area contributed by atoms with Gasteiger partial charge in [-0.05, 0) is 34.6 Å². The van der Waals surface area contributed by atoms with Crippen molar-refractivity contribution in [2.24, 2.45) is 5.92 Å². The van der Waals surface area contributed by atoms with E-state index in [9.17, 15) is 14.7 Å². The van der Waals surface area contributed by atoms with Crippen molar-refractivity contribution in [3.63, 3.8) is 0 Å². The number of H-pyrrole nitrogens is 1. The van der Waals surface area contributed by atoms with Crippen LogP contribution in [0.4, 0.5) is 4.79 Å². The Balaban J connectivity index is 1.37. The number of carbonyl (C=O) groups is 2. The normalized spacial score (nSPS) is 19.8. The number of ether oxygens (including phenoxy) is 1. The van der Waals surface area contributed by atoms with Crippen LogP contribution in [-0.2, 0) is 4.74 Å². The summed E-state index contributed by atoms with van der Waals surface area (Å²) in [7, 11) is 0. The average Bonchev–Trinajstić information content (AvgIpc) is 3.47. The first-order valence-corrected chi connectivity index (χ1v) is 10.3. The van der Waals surface area contributed by atoms with E-state index < -0.39 is 18.1 Å². The molecular weight excluding hydrogens is 396 g/mol. The second-order valence-corrected chi connectivity index (χ2v) is 8.07. The number of aromatic amines is 1. The second-order valence-electron chi connectivity index (χ2n) is 8.07. The number of hydrogen-bond donors (Lipinski definition) is 2. The molecule has 1 fully saturated rings. The monoisotopic (exact) mass is 418 g/mol. The maximum absolute atomic E-state index is 13.1. The van der Waals surface area contributed by atoms with E-state index in [-0.39, 0.29) is 29.8 Å². The van der Waals surface area contributed by atoms with E-state index in [0.29, 0.717) is 6.54 Å². The molecule has 1 amide bonds. The van der Waals surface area contributed by atoms with Gasteiger partial charge in [0.25, 0.3) is 0 Å². The van der Waals surface area contributed by atoms with Crippen LogP contribution >= 0.6 is 0 Å². The topological polar surface area (TPSA) is 108 Å². The lowest BCUT2D eigenvalue weighted by Gasteiger charge is -2.26. The largest absolute Gasteiger partial charge is 0.476 e. The van der Waals surface area contributed by atoms with Crippen LogP contribution in [0.25, 0.3) is 11.1 Å². The Morgan fingerprint density at radius 1 is 1.10 bits per heavy atom. The Kier molecular flexibility index (Phi) is 4.69. The minimum absolute atomic E-state index is 0.0311. The van der Waals surface area contributed by atoms with Gasteiger partial charge in [-0.15, -0.1) is 5.10 Å². The van der Waals surface area contributed by atoms with Crippen LogP contribution in [-0.4, -0.2) is 50.6 Å². The lowest BCUT2D eigenvalue weighted by molar-refractivity contribution is 0.0680. The van der Waals surface area contributed by atoms with Crippen LogP contribution in [0.15, 0.2) is 48.5 Å². The van der Waals surface area contributed by atoms with Crippen molar-refractivity contribution >= 4 is 12.1 Å². The van der Waals surface area contributed by atoms with Crippen LogP contribution in [0.3, 0.4) is 0 Å². The van der Waals surface area contributed by atoms with E-state index in [1.165, 1.54) is 11.1 Å². The minimum Gasteiger partial charge on any atom is -0.476 e. The van der Waals surface area contributed by atoms with Gasteiger partial charge in [0, 0.05) is 12.5 Å². The summed E-state index contributed by atoms with van der Waals surface area (Å²) < 4.78 is 5.78. The van der Waals surface area contributed by atoms with Gasteiger partial charge in [-0.1, -0.05) is 55.5 Å². The third-order valence-corrected chi connectivity index (χ3v) is 6.33.